The van der Waals surface area contributed by atoms with Crippen molar-refractivity contribution in [3.8, 4) is 17.2 Å². The number of phenolic OH excluding ortho intramolecular Hbond substituents is 1. The van der Waals surface area contributed by atoms with Crippen LogP contribution in [0.1, 0.15) is 24.2 Å². The van der Waals surface area contributed by atoms with Crippen LogP contribution in [0.4, 0.5) is 0 Å². The summed E-state index contributed by atoms with van der Waals surface area (Å²) in [7, 11) is 1.32. The number of Topliss-reactive ketones (excluding diaryl/α,β-unsaturated/α-hetero) is 1. The van der Waals surface area contributed by atoms with Crippen molar-refractivity contribution in [3.63, 3.8) is 0 Å². The number of aliphatic hydroxyl groups is 6. The van der Waals surface area contributed by atoms with Crippen LogP contribution in [-0.4, -0.2) is 117 Å². The highest BCUT2D eigenvalue weighted by Crippen LogP contribution is 2.36. The molecule has 0 saturated carbocycles. The third-order valence-electron chi connectivity index (χ3n) is 5.79. The summed E-state index contributed by atoms with van der Waals surface area (Å²) in [5.41, 5.74) is -0.217. The molecular weight excluding hydrogens is 460 g/mol. The Morgan fingerprint density at radius 2 is 1.53 bits per heavy atom. The first-order valence-electron chi connectivity index (χ1n) is 10.6. The normalized spacial score (nSPS) is 38.4. The summed E-state index contributed by atoms with van der Waals surface area (Å²) in [6.07, 6.45) is -14.8. The second-order valence-corrected chi connectivity index (χ2v) is 8.22. The standard InChI is InChI=1S/C21H30O13/c1-7(22)13-10(23)4-9(30-3)5-11(13)33-21-19(29)17(27)15(25)12(34-21)6-31-20-18(28)16(26)14(24)8(2)32-20/h4-5,8,12,14-21,23-29H,6H2,1-3H3. The van der Waals surface area contributed by atoms with Crippen LogP contribution in [0.15, 0.2) is 12.1 Å². The zero-order chi connectivity index (χ0) is 25.3. The molecule has 34 heavy (non-hydrogen) atoms. The average Bonchev–Trinajstić information content (AvgIpc) is 2.79. The molecule has 0 aromatic heterocycles. The number of aliphatic hydroxyl groups excluding tert-OH is 6. The van der Waals surface area contributed by atoms with Crippen LogP contribution in [0.5, 0.6) is 17.2 Å². The fourth-order valence-corrected chi connectivity index (χ4v) is 3.76. The number of benzene rings is 1. The molecule has 7 N–H and O–H groups in total. The first-order chi connectivity index (χ1) is 16.0. The van der Waals surface area contributed by atoms with Crippen LogP contribution >= 0.6 is 0 Å². The minimum absolute atomic E-state index is 0.140. The molecule has 192 valence electrons. The highest BCUT2D eigenvalue weighted by molar-refractivity contribution is 5.99. The molecule has 13 heteroatoms. The van der Waals surface area contributed by atoms with Crippen molar-refractivity contribution in [2.75, 3.05) is 13.7 Å². The predicted molar refractivity (Wildman–Crippen MR) is 110 cm³/mol. The van der Waals surface area contributed by atoms with Crippen molar-refractivity contribution in [2.45, 2.75) is 75.3 Å². The molecule has 10 unspecified atom stereocenters. The predicted octanol–water partition coefficient (Wildman–Crippen LogP) is -2.37. The fourth-order valence-electron chi connectivity index (χ4n) is 3.76. The van der Waals surface area contributed by atoms with E-state index in [0.29, 0.717) is 0 Å². The van der Waals surface area contributed by atoms with E-state index in [9.17, 15) is 40.5 Å². The third-order valence-corrected chi connectivity index (χ3v) is 5.79. The lowest BCUT2D eigenvalue weighted by atomic mass is 9.98. The summed E-state index contributed by atoms with van der Waals surface area (Å²) in [6.45, 7) is 2.16. The molecule has 3 rings (SSSR count). The summed E-state index contributed by atoms with van der Waals surface area (Å²) in [4.78, 5) is 12.0. The number of ketones is 1. The smallest absolute Gasteiger partial charge is 0.229 e. The summed E-state index contributed by atoms with van der Waals surface area (Å²) in [5, 5.41) is 70.9. The summed E-state index contributed by atoms with van der Waals surface area (Å²) in [5.74, 6) is -1.06. The Morgan fingerprint density at radius 1 is 0.912 bits per heavy atom. The Labute approximate surface area is 194 Å². The Hall–Kier alpha value is -2.07. The van der Waals surface area contributed by atoms with Crippen LogP contribution in [0.2, 0.25) is 0 Å². The van der Waals surface area contributed by atoms with E-state index in [0.717, 1.165) is 0 Å². The number of carbonyl (C=O) groups excluding carboxylic acids is 1. The lowest BCUT2D eigenvalue weighted by molar-refractivity contribution is -0.318. The van der Waals surface area contributed by atoms with Crippen molar-refractivity contribution in [1.82, 2.24) is 0 Å². The van der Waals surface area contributed by atoms with Gasteiger partial charge in [0.2, 0.25) is 6.29 Å². The van der Waals surface area contributed by atoms with Crippen molar-refractivity contribution >= 4 is 5.78 Å². The van der Waals surface area contributed by atoms with Gasteiger partial charge in [0, 0.05) is 12.1 Å². The zero-order valence-corrected chi connectivity index (χ0v) is 18.7. The van der Waals surface area contributed by atoms with E-state index in [1.807, 2.05) is 0 Å². The fraction of sp³-hybridized carbons (Fsp3) is 0.667. The van der Waals surface area contributed by atoms with Crippen LogP contribution in [0, 0.1) is 0 Å². The molecule has 0 spiro atoms. The maximum Gasteiger partial charge on any atom is 0.229 e. The van der Waals surface area contributed by atoms with E-state index in [4.69, 9.17) is 23.7 Å². The zero-order valence-electron chi connectivity index (χ0n) is 18.7. The molecule has 10 atom stereocenters. The largest absolute Gasteiger partial charge is 0.507 e. The van der Waals surface area contributed by atoms with Crippen LogP contribution in [-0.2, 0) is 14.2 Å². The molecule has 2 heterocycles. The van der Waals surface area contributed by atoms with Gasteiger partial charge < -0.3 is 59.4 Å². The van der Waals surface area contributed by atoms with Gasteiger partial charge in [-0.3, -0.25) is 4.79 Å². The Balaban J connectivity index is 1.76. The van der Waals surface area contributed by atoms with E-state index in [1.54, 1.807) is 0 Å². The minimum Gasteiger partial charge on any atom is -0.507 e. The van der Waals surface area contributed by atoms with Crippen molar-refractivity contribution < 1.29 is 64.2 Å². The van der Waals surface area contributed by atoms with Crippen LogP contribution in [0.25, 0.3) is 0 Å². The number of phenols is 1. The maximum absolute atomic E-state index is 12.0. The highest BCUT2D eigenvalue weighted by atomic mass is 16.7. The molecular formula is C21H30O13. The quantitative estimate of drug-likeness (QED) is 0.200. The van der Waals surface area contributed by atoms with Gasteiger partial charge in [-0.25, -0.2) is 0 Å². The third kappa shape index (κ3) is 5.27. The Kier molecular flexibility index (Phi) is 8.34. The van der Waals surface area contributed by atoms with Crippen LogP contribution in [0.3, 0.4) is 0 Å². The van der Waals surface area contributed by atoms with Gasteiger partial charge in [0.15, 0.2) is 12.1 Å². The topological polar surface area (TPSA) is 205 Å². The molecule has 2 saturated heterocycles. The lowest BCUT2D eigenvalue weighted by Crippen LogP contribution is -2.61. The SMILES string of the molecule is COc1cc(O)c(C(C)=O)c(OC2OC(COC3OC(C)C(O)C(O)C3O)C(O)C(O)C2O)c1. The van der Waals surface area contributed by atoms with E-state index in [2.05, 4.69) is 0 Å². The van der Waals surface area contributed by atoms with Gasteiger partial charge in [-0.05, 0) is 13.8 Å². The number of methoxy groups -OCH3 is 1. The van der Waals surface area contributed by atoms with Gasteiger partial charge in [-0.15, -0.1) is 0 Å². The molecule has 0 bridgehead atoms. The molecule has 2 aliphatic rings. The number of carbonyl (C=O) groups is 1. The van der Waals surface area contributed by atoms with Gasteiger partial charge in [0.05, 0.1) is 19.8 Å². The molecule has 1 aromatic carbocycles. The molecule has 2 aliphatic heterocycles. The minimum atomic E-state index is -1.76. The van der Waals surface area contributed by atoms with Crippen LogP contribution < -0.4 is 9.47 Å². The average molecular weight is 490 g/mol. The number of hydrogen-bond acceptors (Lipinski definition) is 13. The second-order valence-electron chi connectivity index (χ2n) is 8.22. The first kappa shape index (κ1) is 26.5. The van der Waals surface area contributed by atoms with E-state index >= 15 is 0 Å². The molecule has 0 radical (unpaired) electrons. The summed E-state index contributed by atoms with van der Waals surface area (Å²) < 4.78 is 26.9. The number of aromatic hydroxyl groups is 1. The number of ether oxygens (including phenoxy) is 5. The molecule has 2 fully saturated rings. The van der Waals surface area contributed by atoms with E-state index in [1.165, 1.54) is 33.1 Å². The van der Waals surface area contributed by atoms with Gasteiger partial charge in [0.1, 0.15) is 65.5 Å². The molecule has 1 aromatic rings. The van der Waals surface area contributed by atoms with Gasteiger partial charge in [-0.1, -0.05) is 0 Å². The maximum atomic E-state index is 12.0. The Morgan fingerprint density at radius 3 is 2.15 bits per heavy atom. The number of hydrogen-bond donors (Lipinski definition) is 7. The molecule has 13 nitrogen and oxygen atoms in total. The summed E-state index contributed by atoms with van der Waals surface area (Å²) >= 11 is 0. The molecule has 0 amide bonds. The summed E-state index contributed by atoms with van der Waals surface area (Å²) in [6, 6.07) is 2.47. The van der Waals surface area contributed by atoms with Gasteiger partial charge in [-0.2, -0.15) is 0 Å². The van der Waals surface area contributed by atoms with Crippen molar-refractivity contribution in [1.29, 1.82) is 0 Å². The van der Waals surface area contributed by atoms with E-state index < -0.39 is 79.6 Å². The second kappa shape index (κ2) is 10.7. The van der Waals surface area contributed by atoms with Crippen molar-refractivity contribution in [3.05, 3.63) is 17.7 Å². The van der Waals surface area contributed by atoms with Crippen molar-refractivity contribution in [2.24, 2.45) is 0 Å². The monoisotopic (exact) mass is 490 g/mol. The molecule has 0 aliphatic carbocycles. The first-order valence-corrected chi connectivity index (χ1v) is 10.6. The highest BCUT2D eigenvalue weighted by Gasteiger charge is 2.47. The van der Waals surface area contributed by atoms with Gasteiger partial charge >= 0.3 is 0 Å². The lowest BCUT2D eigenvalue weighted by Gasteiger charge is -2.42. The van der Waals surface area contributed by atoms with E-state index in [-0.39, 0.29) is 17.1 Å². The van der Waals surface area contributed by atoms with Gasteiger partial charge in [0.25, 0.3) is 0 Å². The number of rotatable bonds is 7. The Bertz CT molecular complexity index is 863.